The molecule has 0 aliphatic heterocycles. The molecule has 1 heterocycles. The summed E-state index contributed by atoms with van der Waals surface area (Å²) in [6.45, 7) is 2.67. The lowest BCUT2D eigenvalue weighted by Gasteiger charge is -2.12. The van der Waals surface area contributed by atoms with Gasteiger partial charge in [-0.1, -0.05) is 49.0 Å². The van der Waals surface area contributed by atoms with Gasteiger partial charge in [0.15, 0.2) is 0 Å². The van der Waals surface area contributed by atoms with Crippen LogP contribution in [0.2, 0.25) is 0 Å². The molecule has 1 N–H and O–H groups in total. The fourth-order valence-electron chi connectivity index (χ4n) is 1.87. The minimum Gasteiger partial charge on any atom is -0.480 e. The second-order valence-corrected chi connectivity index (χ2v) is 5.54. The number of aliphatic carboxylic acids is 1. The largest absolute Gasteiger partial charge is 0.480 e. The van der Waals surface area contributed by atoms with Gasteiger partial charge in [0.25, 0.3) is 0 Å². The third-order valence-corrected chi connectivity index (χ3v) is 4.32. The zero-order valence-electron chi connectivity index (χ0n) is 10.8. The van der Waals surface area contributed by atoms with Crippen LogP contribution in [0.25, 0.3) is 0 Å². The minimum atomic E-state index is -0.750. The highest BCUT2D eigenvalue weighted by Gasteiger charge is 2.18. The summed E-state index contributed by atoms with van der Waals surface area (Å²) >= 11 is 1.41. The fraction of sp³-hybridized carbons (Fsp3) is 0.267. The first-order valence-electron chi connectivity index (χ1n) is 6.29. The van der Waals surface area contributed by atoms with Crippen LogP contribution in [0, 0.1) is 0 Å². The molecule has 1 aromatic carbocycles. The third-order valence-electron chi connectivity index (χ3n) is 2.89. The molecule has 1 aromatic heterocycles. The summed E-state index contributed by atoms with van der Waals surface area (Å²) in [6.07, 6.45) is 2.61. The summed E-state index contributed by atoms with van der Waals surface area (Å²) in [4.78, 5) is 11.1. The molecule has 1 atom stereocenters. The summed E-state index contributed by atoms with van der Waals surface area (Å²) in [6, 6.07) is 14.1. The Hall–Kier alpha value is -1.68. The second-order valence-electron chi connectivity index (χ2n) is 4.31. The maximum Gasteiger partial charge on any atom is 0.317 e. The van der Waals surface area contributed by atoms with E-state index in [-0.39, 0.29) is 5.25 Å². The number of carboxylic acids is 1. The van der Waals surface area contributed by atoms with E-state index in [2.05, 4.69) is 16.7 Å². The Bertz CT molecular complexity index is 536. The molecule has 0 bridgehead atoms. The smallest absolute Gasteiger partial charge is 0.317 e. The topological polar surface area (TPSA) is 42.2 Å². The van der Waals surface area contributed by atoms with Crippen LogP contribution in [0.15, 0.2) is 53.7 Å². The molecule has 1 unspecified atom stereocenters. The number of rotatable bonds is 6. The van der Waals surface area contributed by atoms with E-state index in [0.717, 1.165) is 11.6 Å². The average molecular weight is 275 g/mol. The Morgan fingerprint density at radius 1 is 1.26 bits per heavy atom. The second kappa shape index (κ2) is 6.48. The summed E-state index contributed by atoms with van der Waals surface area (Å²) in [7, 11) is 0. The molecule has 19 heavy (non-hydrogen) atoms. The van der Waals surface area contributed by atoms with Crippen LogP contribution in [0.1, 0.15) is 18.9 Å². The zero-order chi connectivity index (χ0) is 13.7. The van der Waals surface area contributed by atoms with E-state index in [1.165, 1.54) is 17.3 Å². The van der Waals surface area contributed by atoms with Gasteiger partial charge < -0.3 is 9.67 Å². The molecule has 2 aromatic rings. The van der Waals surface area contributed by atoms with Gasteiger partial charge in [0.1, 0.15) is 5.25 Å². The monoisotopic (exact) mass is 275 g/mol. The Morgan fingerprint density at radius 2 is 2.00 bits per heavy atom. The number of aromatic nitrogens is 1. The number of carbonyl (C=O) groups is 1. The molecule has 0 aliphatic rings. The Morgan fingerprint density at radius 3 is 2.63 bits per heavy atom. The van der Waals surface area contributed by atoms with E-state index >= 15 is 0 Å². The molecule has 0 radical (unpaired) electrons. The van der Waals surface area contributed by atoms with E-state index < -0.39 is 5.97 Å². The van der Waals surface area contributed by atoms with Gasteiger partial charge >= 0.3 is 5.97 Å². The first kappa shape index (κ1) is 13.7. The van der Waals surface area contributed by atoms with Crippen LogP contribution in [0.5, 0.6) is 0 Å². The van der Waals surface area contributed by atoms with Crippen molar-refractivity contribution in [2.45, 2.75) is 30.2 Å². The normalized spacial score (nSPS) is 12.3. The zero-order valence-corrected chi connectivity index (χ0v) is 11.6. The summed E-state index contributed by atoms with van der Waals surface area (Å²) < 4.78 is 2.09. The lowest BCUT2D eigenvalue weighted by atomic mass is 10.2. The maximum atomic E-state index is 11.1. The van der Waals surface area contributed by atoms with Gasteiger partial charge in [0.05, 0.1) is 5.03 Å². The Labute approximate surface area is 117 Å². The van der Waals surface area contributed by atoms with Crippen molar-refractivity contribution in [2.24, 2.45) is 0 Å². The highest BCUT2D eigenvalue weighted by atomic mass is 32.2. The molecule has 0 amide bonds. The standard InChI is InChI=1S/C15H17NO2S/c1-2-13(15(17)18)19-14-9-6-10-16(14)11-12-7-4-3-5-8-12/h3-10,13H,2,11H2,1H3,(H,17,18). The van der Waals surface area contributed by atoms with E-state index in [0.29, 0.717) is 6.42 Å². The summed E-state index contributed by atoms with van der Waals surface area (Å²) in [5.74, 6) is -0.750. The number of benzene rings is 1. The SMILES string of the molecule is CCC(Sc1cccn1Cc1ccccc1)C(=O)O. The third kappa shape index (κ3) is 3.64. The Balaban J connectivity index is 2.11. The summed E-state index contributed by atoms with van der Waals surface area (Å²) in [5.41, 5.74) is 1.21. The van der Waals surface area contributed by atoms with E-state index in [1.54, 1.807) is 0 Å². The van der Waals surface area contributed by atoms with Gasteiger partial charge in [-0.3, -0.25) is 4.79 Å². The van der Waals surface area contributed by atoms with Crippen LogP contribution in [0.4, 0.5) is 0 Å². The molecule has 0 aliphatic carbocycles. The molecule has 0 saturated carbocycles. The van der Waals surface area contributed by atoms with Crippen LogP contribution in [0.3, 0.4) is 0 Å². The molecule has 100 valence electrons. The van der Waals surface area contributed by atoms with E-state index in [9.17, 15) is 4.79 Å². The van der Waals surface area contributed by atoms with Crippen molar-refractivity contribution in [3.05, 3.63) is 54.2 Å². The fourth-order valence-corrected chi connectivity index (χ4v) is 2.85. The van der Waals surface area contributed by atoms with Gasteiger partial charge in [-0.05, 0) is 24.1 Å². The highest BCUT2D eigenvalue weighted by molar-refractivity contribution is 8.00. The molecular weight excluding hydrogens is 258 g/mol. The predicted molar refractivity (Wildman–Crippen MR) is 77.5 cm³/mol. The molecule has 4 heteroatoms. The highest BCUT2D eigenvalue weighted by Crippen LogP contribution is 2.26. The van der Waals surface area contributed by atoms with Crippen LogP contribution >= 0.6 is 11.8 Å². The van der Waals surface area contributed by atoms with Gasteiger partial charge in [-0.25, -0.2) is 0 Å². The average Bonchev–Trinajstić information content (AvgIpc) is 2.84. The van der Waals surface area contributed by atoms with Gasteiger partial charge in [-0.15, -0.1) is 0 Å². The molecule has 0 fully saturated rings. The lowest BCUT2D eigenvalue weighted by molar-refractivity contribution is -0.136. The van der Waals surface area contributed by atoms with Gasteiger partial charge in [0, 0.05) is 12.7 Å². The molecular formula is C15H17NO2S. The van der Waals surface area contributed by atoms with Crippen molar-refractivity contribution in [1.82, 2.24) is 4.57 Å². The van der Waals surface area contributed by atoms with Crippen molar-refractivity contribution in [3.8, 4) is 0 Å². The van der Waals surface area contributed by atoms with Crippen LogP contribution < -0.4 is 0 Å². The van der Waals surface area contributed by atoms with Gasteiger partial charge in [-0.2, -0.15) is 0 Å². The first-order valence-corrected chi connectivity index (χ1v) is 7.17. The molecule has 3 nitrogen and oxygen atoms in total. The van der Waals surface area contributed by atoms with Gasteiger partial charge in [0.2, 0.25) is 0 Å². The van der Waals surface area contributed by atoms with Crippen LogP contribution in [-0.4, -0.2) is 20.9 Å². The van der Waals surface area contributed by atoms with E-state index in [1.807, 2.05) is 43.5 Å². The van der Waals surface area contributed by atoms with Crippen molar-refractivity contribution in [2.75, 3.05) is 0 Å². The number of hydrogen-bond donors (Lipinski definition) is 1. The molecule has 0 spiro atoms. The van der Waals surface area contributed by atoms with Crippen molar-refractivity contribution in [3.63, 3.8) is 0 Å². The predicted octanol–water partition coefficient (Wildman–Crippen LogP) is 3.49. The first-order chi connectivity index (χ1) is 9.20. The molecule has 2 rings (SSSR count). The lowest BCUT2D eigenvalue weighted by Crippen LogP contribution is -2.15. The molecule has 0 saturated heterocycles. The van der Waals surface area contributed by atoms with Crippen molar-refractivity contribution >= 4 is 17.7 Å². The number of hydrogen-bond acceptors (Lipinski definition) is 2. The Kier molecular flexibility index (Phi) is 4.68. The van der Waals surface area contributed by atoms with Crippen LogP contribution in [-0.2, 0) is 11.3 Å². The van der Waals surface area contributed by atoms with E-state index in [4.69, 9.17) is 5.11 Å². The number of nitrogens with zero attached hydrogens (tertiary/aromatic N) is 1. The number of carboxylic acid groups (broad SMARTS) is 1. The number of thioether (sulfide) groups is 1. The maximum absolute atomic E-state index is 11.1. The minimum absolute atomic E-state index is 0.385. The van der Waals surface area contributed by atoms with Crippen molar-refractivity contribution < 1.29 is 9.90 Å². The quantitative estimate of drug-likeness (QED) is 0.821. The van der Waals surface area contributed by atoms with Crippen molar-refractivity contribution in [1.29, 1.82) is 0 Å². The summed E-state index contributed by atoms with van der Waals surface area (Å²) in [5, 5.41) is 9.74.